The van der Waals surface area contributed by atoms with Crippen molar-refractivity contribution in [2.75, 3.05) is 13.1 Å². The van der Waals surface area contributed by atoms with E-state index in [0.29, 0.717) is 18.2 Å². The molecule has 0 aromatic carbocycles. The van der Waals surface area contributed by atoms with Crippen LogP contribution in [0, 0.1) is 5.92 Å². The van der Waals surface area contributed by atoms with Gasteiger partial charge in [0.25, 0.3) is 11.7 Å². The molecule has 1 fully saturated rings. The monoisotopic (exact) mass is 368 g/mol. The van der Waals surface area contributed by atoms with Crippen LogP contribution < -0.4 is 0 Å². The number of piperidine rings is 1. The van der Waals surface area contributed by atoms with Gasteiger partial charge in [-0.2, -0.15) is 4.98 Å². The molecule has 0 radical (unpaired) electrons. The lowest BCUT2D eigenvalue weighted by atomic mass is 9.98. The minimum atomic E-state index is -0.132. The van der Waals surface area contributed by atoms with E-state index in [2.05, 4.69) is 32.3 Å². The molecule has 1 saturated heterocycles. The molecule has 0 aliphatic carbocycles. The van der Waals surface area contributed by atoms with Crippen LogP contribution in [0.25, 0.3) is 5.78 Å². The molecule has 9 nitrogen and oxygen atoms in total. The van der Waals surface area contributed by atoms with Crippen molar-refractivity contribution in [1.29, 1.82) is 0 Å². The lowest BCUT2D eigenvalue weighted by Crippen LogP contribution is -2.41. The van der Waals surface area contributed by atoms with E-state index < -0.39 is 0 Å². The van der Waals surface area contributed by atoms with Gasteiger partial charge in [0.05, 0.1) is 5.69 Å². The molecule has 0 spiro atoms. The Balaban J connectivity index is 1.40. The smallest absolute Gasteiger partial charge is 0.293 e. The fraction of sp³-hybridized carbons (Fsp3) is 0.556. The Morgan fingerprint density at radius 3 is 3.15 bits per heavy atom. The summed E-state index contributed by atoms with van der Waals surface area (Å²) in [6, 6.07) is 1.76. The predicted octanol–water partition coefficient (Wildman–Crippen LogP) is 1.61. The number of carbonyl (C=O) groups is 1. The topological polar surface area (TPSA) is 94.1 Å². The third kappa shape index (κ3) is 3.96. The lowest BCUT2D eigenvalue weighted by molar-refractivity contribution is 0.0647. The maximum absolute atomic E-state index is 12.8. The molecule has 3 aromatic heterocycles. The Morgan fingerprint density at radius 2 is 2.30 bits per heavy atom. The molecule has 1 atom stereocenters. The molecule has 0 saturated carbocycles. The zero-order chi connectivity index (χ0) is 18.6. The molecular weight excluding hydrogens is 344 g/mol. The number of amides is 1. The van der Waals surface area contributed by atoms with Crippen molar-refractivity contribution in [2.24, 2.45) is 5.92 Å². The van der Waals surface area contributed by atoms with Gasteiger partial charge in [-0.3, -0.25) is 9.48 Å². The van der Waals surface area contributed by atoms with Gasteiger partial charge in [-0.1, -0.05) is 18.6 Å². The van der Waals surface area contributed by atoms with Gasteiger partial charge in [-0.05, 0) is 37.7 Å². The van der Waals surface area contributed by atoms with Crippen LogP contribution in [0.5, 0.6) is 0 Å². The van der Waals surface area contributed by atoms with Gasteiger partial charge in [0.2, 0.25) is 5.82 Å². The molecule has 1 unspecified atom stereocenters. The van der Waals surface area contributed by atoms with Gasteiger partial charge in [0, 0.05) is 38.2 Å². The number of carbonyl (C=O) groups excluding carboxylic acids is 1. The first-order valence-corrected chi connectivity index (χ1v) is 9.58. The summed E-state index contributed by atoms with van der Waals surface area (Å²) in [7, 11) is 0. The number of likely N-dealkylation sites (tertiary alicyclic amines) is 1. The van der Waals surface area contributed by atoms with Crippen molar-refractivity contribution in [3.05, 3.63) is 36.2 Å². The van der Waals surface area contributed by atoms with Gasteiger partial charge < -0.3 is 4.90 Å². The molecular formula is C18H24N8O. The van der Waals surface area contributed by atoms with Crippen LogP contribution in [0.3, 0.4) is 0 Å². The molecule has 1 aliphatic heterocycles. The van der Waals surface area contributed by atoms with Crippen molar-refractivity contribution in [1.82, 2.24) is 39.5 Å². The first-order chi connectivity index (χ1) is 13.2. The second-order valence-corrected chi connectivity index (χ2v) is 7.09. The van der Waals surface area contributed by atoms with E-state index in [1.807, 2.05) is 15.8 Å². The SMILES string of the molecule is CCCCc1cn(CC2CCCN(C(=O)c3nc4ncccn4n3)C2)nn1. The summed E-state index contributed by atoms with van der Waals surface area (Å²) in [6.45, 7) is 4.37. The minimum Gasteiger partial charge on any atom is -0.336 e. The predicted molar refractivity (Wildman–Crippen MR) is 98.0 cm³/mol. The molecule has 0 N–H and O–H groups in total. The van der Waals surface area contributed by atoms with E-state index in [1.165, 1.54) is 4.52 Å². The number of hydrogen-bond acceptors (Lipinski definition) is 6. The molecule has 1 amide bonds. The number of hydrogen-bond donors (Lipinski definition) is 0. The minimum absolute atomic E-state index is 0.132. The number of rotatable bonds is 6. The zero-order valence-electron chi connectivity index (χ0n) is 15.5. The van der Waals surface area contributed by atoms with Gasteiger partial charge in [-0.25, -0.2) is 9.50 Å². The number of aryl methyl sites for hydroxylation is 1. The highest BCUT2D eigenvalue weighted by atomic mass is 16.2. The normalized spacial score (nSPS) is 17.5. The summed E-state index contributed by atoms with van der Waals surface area (Å²) < 4.78 is 3.44. The van der Waals surface area contributed by atoms with Crippen LogP contribution in [0.15, 0.2) is 24.7 Å². The van der Waals surface area contributed by atoms with Crippen molar-refractivity contribution >= 4 is 11.7 Å². The molecule has 4 heterocycles. The molecule has 3 aromatic rings. The van der Waals surface area contributed by atoms with Crippen LogP contribution in [0.4, 0.5) is 0 Å². The second-order valence-electron chi connectivity index (χ2n) is 7.09. The quantitative estimate of drug-likeness (QED) is 0.656. The maximum Gasteiger partial charge on any atom is 0.293 e. The van der Waals surface area contributed by atoms with E-state index in [9.17, 15) is 4.79 Å². The highest BCUT2D eigenvalue weighted by molar-refractivity contribution is 5.90. The Bertz CT molecular complexity index is 884. The molecule has 142 valence electrons. The Hall–Kier alpha value is -2.84. The lowest BCUT2D eigenvalue weighted by Gasteiger charge is -2.31. The van der Waals surface area contributed by atoms with E-state index in [0.717, 1.165) is 50.9 Å². The highest BCUT2D eigenvalue weighted by Gasteiger charge is 2.27. The number of aromatic nitrogens is 7. The zero-order valence-corrected chi connectivity index (χ0v) is 15.5. The first-order valence-electron chi connectivity index (χ1n) is 9.58. The van der Waals surface area contributed by atoms with Gasteiger partial charge in [0.1, 0.15) is 0 Å². The number of unbranched alkanes of at least 4 members (excludes halogenated alkanes) is 1. The Kier molecular flexibility index (Phi) is 5.08. The number of nitrogens with zero attached hydrogens (tertiary/aromatic N) is 8. The molecule has 0 bridgehead atoms. The van der Waals surface area contributed by atoms with Crippen LogP contribution in [-0.2, 0) is 13.0 Å². The van der Waals surface area contributed by atoms with E-state index >= 15 is 0 Å². The van der Waals surface area contributed by atoms with Gasteiger partial charge >= 0.3 is 0 Å². The first kappa shape index (κ1) is 17.6. The summed E-state index contributed by atoms with van der Waals surface area (Å²) in [5.74, 6) is 0.875. The molecule has 1 aliphatic rings. The average Bonchev–Trinajstić information content (AvgIpc) is 3.32. The van der Waals surface area contributed by atoms with E-state index in [-0.39, 0.29) is 11.7 Å². The summed E-state index contributed by atoms with van der Waals surface area (Å²) in [4.78, 5) is 23.0. The third-order valence-corrected chi connectivity index (χ3v) is 4.93. The number of fused-ring (bicyclic) bond motifs is 1. The van der Waals surface area contributed by atoms with Gasteiger partial charge in [0.15, 0.2) is 0 Å². The molecule has 27 heavy (non-hydrogen) atoms. The molecule has 4 rings (SSSR count). The Morgan fingerprint density at radius 1 is 1.37 bits per heavy atom. The van der Waals surface area contributed by atoms with Crippen molar-refractivity contribution in [2.45, 2.75) is 45.6 Å². The standard InChI is InChI=1S/C18H24N8O/c1-2-3-7-15-13-25(23-21-15)12-14-6-4-9-24(11-14)17(27)16-20-18-19-8-5-10-26(18)22-16/h5,8,10,13-14H,2-4,6-7,9,11-12H2,1H3. The van der Waals surface area contributed by atoms with Gasteiger partial charge in [-0.15, -0.1) is 10.2 Å². The van der Waals surface area contributed by atoms with Crippen molar-refractivity contribution < 1.29 is 4.79 Å². The third-order valence-electron chi connectivity index (χ3n) is 4.93. The second kappa shape index (κ2) is 7.81. The fourth-order valence-electron chi connectivity index (χ4n) is 3.53. The average molecular weight is 368 g/mol. The van der Waals surface area contributed by atoms with E-state index in [1.54, 1.807) is 18.5 Å². The summed E-state index contributed by atoms with van der Waals surface area (Å²) >= 11 is 0. The van der Waals surface area contributed by atoms with Crippen LogP contribution in [0.2, 0.25) is 0 Å². The largest absolute Gasteiger partial charge is 0.336 e. The van der Waals surface area contributed by atoms with Crippen molar-refractivity contribution in [3.63, 3.8) is 0 Å². The maximum atomic E-state index is 12.8. The van der Waals surface area contributed by atoms with E-state index in [4.69, 9.17) is 0 Å². The van der Waals surface area contributed by atoms with Crippen LogP contribution in [0.1, 0.15) is 48.9 Å². The van der Waals surface area contributed by atoms with Crippen LogP contribution in [-0.4, -0.2) is 58.5 Å². The highest BCUT2D eigenvalue weighted by Crippen LogP contribution is 2.19. The molecule has 9 heteroatoms. The summed E-state index contributed by atoms with van der Waals surface area (Å²) in [5, 5.41) is 12.7. The Labute approximate surface area is 157 Å². The summed E-state index contributed by atoms with van der Waals surface area (Å²) in [6.07, 6.45) is 10.7. The fourth-order valence-corrected chi connectivity index (χ4v) is 3.53. The summed E-state index contributed by atoms with van der Waals surface area (Å²) in [5.41, 5.74) is 1.04. The van der Waals surface area contributed by atoms with Crippen molar-refractivity contribution in [3.8, 4) is 0 Å². The van der Waals surface area contributed by atoms with Crippen LogP contribution >= 0.6 is 0 Å².